The fourth-order valence-corrected chi connectivity index (χ4v) is 4.29. The Balaban J connectivity index is 1.35. The van der Waals surface area contributed by atoms with Crippen molar-refractivity contribution < 1.29 is 14.3 Å². The van der Waals surface area contributed by atoms with Gasteiger partial charge in [-0.3, -0.25) is 4.79 Å². The number of ether oxygens (including phenoxy) is 2. The Morgan fingerprint density at radius 3 is 2.68 bits per heavy atom. The van der Waals surface area contributed by atoms with Crippen molar-refractivity contribution in [3.05, 3.63) is 36.4 Å². The van der Waals surface area contributed by atoms with Crippen molar-refractivity contribution in [2.75, 3.05) is 18.5 Å². The van der Waals surface area contributed by atoms with Gasteiger partial charge in [-0.15, -0.1) is 0 Å². The van der Waals surface area contributed by atoms with E-state index in [-0.39, 0.29) is 11.8 Å². The van der Waals surface area contributed by atoms with Crippen LogP contribution in [-0.4, -0.2) is 24.1 Å². The lowest BCUT2D eigenvalue weighted by Gasteiger charge is -2.18. The largest absolute Gasteiger partial charge is 0.486 e. The van der Waals surface area contributed by atoms with Crippen LogP contribution in [0, 0.1) is 17.8 Å². The molecule has 0 saturated heterocycles. The van der Waals surface area contributed by atoms with Crippen LogP contribution >= 0.6 is 0 Å². The first kappa shape index (κ1) is 14.8. The second-order valence-electron chi connectivity index (χ2n) is 7.04. The second kappa shape index (κ2) is 5.76. The summed E-state index contributed by atoms with van der Waals surface area (Å²) in [5.41, 5.74) is 1.76. The molecule has 2 saturated carbocycles. The van der Waals surface area contributed by atoms with E-state index in [1.165, 1.54) is 19.3 Å². The van der Waals surface area contributed by atoms with Crippen LogP contribution in [0.5, 0.6) is 11.5 Å². The van der Waals surface area contributed by atoms with E-state index in [0.717, 1.165) is 22.8 Å². The van der Waals surface area contributed by atoms with Gasteiger partial charge in [0.1, 0.15) is 19.0 Å². The minimum atomic E-state index is 0.126. The summed E-state index contributed by atoms with van der Waals surface area (Å²) in [5, 5.41) is 3.00. The van der Waals surface area contributed by atoms with E-state index in [1.807, 2.05) is 36.4 Å². The maximum absolute atomic E-state index is 12.4. The first-order valence-electron chi connectivity index (χ1n) is 8.97. The van der Waals surface area contributed by atoms with Gasteiger partial charge in [0, 0.05) is 11.5 Å². The molecule has 0 bridgehead atoms. The quantitative estimate of drug-likeness (QED) is 0.932. The smallest absolute Gasteiger partial charge is 0.229 e. The van der Waals surface area contributed by atoms with Crippen LogP contribution < -0.4 is 14.8 Å². The standard InChI is InChI=1S/C20H20N2O3/c23-20(19-13-3-1-4-14(13)19)22-18-6-2-5-15(21-18)12-7-8-16-17(11-12)25-10-9-24-16/h2,5-8,11,13-14,19H,1,3-4,9-10H2,(H,21,22,23). The number of nitrogens with zero attached hydrogens (tertiary/aromatic N) is 1. The SMILES string of the molecule is O=C(Nc1cccc(-c2ccc3c(c2)OCCO3)n1)C1C2CCCC21. The monoisotopic (exact) mass is 336 g/mol. The topological polar surface area (TPSA) is 60.5 Å². The number of rotatable bonds is 3. The summed E-state index contributed by atoms with van der Waals surface area (Å²) in [7, 11) is 0. The third-order valence-electron chi connectivity index (χ3n) is 5.55. The molecule has 1 N–H and O–H groups in total. The zero-order valence-corrected chi connectivity index (χ0v) is 13.9. The molecule has 0 spiro atoms. The summed E-state index contributed by atoms with van der Waals surface area (Å²) >= 11 is 0. The van der Waals surface area contributed by atoms with Gasteiger partial charge in [0.15, 0.2) is 11.5 Å². The number of pyridine rings is 1. The van der Waals surface area contributed by atoms with Crippen LogP contribution in [0.15, 0.2) is 36.4 Å². The van der Waals surface area contributed by atoms with Crippen LogP contribution in [0.1, 0.15) is 19.3 Å². The number of aromatic nitrogens is 1. The molecule has 25 heavy (non-hydrogen) atoms. The Bertz CT molecular complexity index is 825. The molecule has 5 heteroatoms. The van der Waals surface area contributed by atoms with Crippen molar-refractivity contribution in [2.45, 2.75) is 19.3 Å². The Morgan fingerprint density at radius 2 is 1.84 bits per heavy atom. The first-order valence-corrected chi connectivity index (χ1v) is 8.97. The fourth-order valence-electron chi connectivity index (χ4n) is 4.29. The molecule has 0 radical (unpaired) electrons. The highest BCUT2D eigenvalue weighted by atomic mass is 16.6. The summed E-state index contributed by atoms with van der Waals surface area (Å²) in [4.78, 5) is 17.0. The number of benzene rings is 1. The van der Waals surface area contributed by atoms with Crippen LogP contribution in [0.25, 0.3) is 11.3 Å². The van der Waals surface area contributed by atoms with Crippen LogP contribution in [0.3, 0.4) is 0 Å². The average molecular weight is 336 g/mol. The molecule has 2 atom stereocenters. The van der Waals surface area contributed by atoms with Gasteiger partial charge in [0.2, 0.25) is 5.91 Å². The molecule has 5 nitrogen and oxygen atoms in total. The molecule has 5 rings (SSSR count). The highest BCUT2D eigenvalue weighted by Gasteiger charge is 2.56. The highest BCUT2D eigenvalue weighted by Crippen LogP contribution is 2.57. The van der Waals surface area contributed by atoms with Gasteiger partial charge in [0.25, 0.3) is 0 Å². The average Bonchev–Trinajstić information content (AvgIpc) is 3.14. The molecule has 1 aromatic carbocycles. The van der Waals surface area contributed by atoms with E-state index >= 15 is 0 Å². The van der Waals surface area contributed by atoms with Crippen molar-refractivity contribution in [3.63, 3.8) is 0 Å². The lowest BCUT2D eigenvalue weighted by atomic mass is 10.1. The number of anilines is 1. The Hall–Kier alpha value is -2.56. The number of hydrogen-bond donors (Lipinski definition) is 1. The van der Waals surface area contributed by atoms with Crippen LogP contribution in [-0.2, 0) is 4.79 Å². The van der Waals surface area contributed by atoms with E-state index in [0.29, 0.717) is 30.9 Å². The molecule has 2 fully saturated rings. The zero-order chi connectivity index (χ0) is 16.8. The number of nitrogens with one attached hydrogen (secondary N) is 1. The van der Waals surface area contributed by atoms with Gasteiger partial charge >= 0.3 is 0 Å². The number of amides is 1. The molecule has 2 aliphatic carbocycles. The predicted molar refractivity (Wildman–Crippen MR) is 93.6 cm³/mol. The number of carbonyl (C=O) groups excluding carboxylic acids is 1. The lowest BCUT2D eigenvalue weighted by Crippen LogP contribution is -2.17. The molecule has 1 aromatic heterocycles. The minimum Gasteiger partial charge on any atom is -0.486 e. The maximum Gasteiger partial charge on any atom is 0.229 e. The fraction of sp³-hybridized carbons (Fsp3) is 0.400. The van der Waals surface area contributed by atoms with Gasteiger partial charge in [-0.05, 0) is 55.0 Å². The highest BCUT2D eigenvalue weighted by molar-refractivity contribution is 5.94. The van der Waals surface area contributed by atoms with E-state index in [2.05, 4.69) is 10.3 Å². The Kier molecular flexibility index (Phi) is 3.40. The van der Waals surface area contributed by atoms with Crippen molar-refractivity contribution in [1.82, 2.24) is 4.98 Å². The third kappa shape index (κ3) is 2.64. The predicted octanol–water partition coefficient (Wildman–Crippen LogP) is 3.50. The second-order valence-corrected chi connectivity index (χ2v) is 7.04. The van der Waals surface area contributed by atoms with Crippen LogP contribution in [0.4, 0.5) is 5.82 Å². The molecule has 3 aliphatic rings. The Morgan fingerprint density at radius 1 is 1.04 bits per heavy atom. The summed E-state index contributed by atoms with van der Waals surface area (Å²) in [6, 6.07) is 11.5. The molecular formula is C20H20N2O3. The zero-order valence-electron chi connectivity index (χ0n) is 13.9. The summed E-state index contributed by atoms with van der Waals surface area (Å²) in [6.45, 7) is 1.14. The van der Waals surface area contributed by atoms with E-state index in [4.69, 9.17) is 9.47 Å². The number of carbonyl (C=O) groups is 1. The summed E-state index contributed by atoms with van der Waals surface area (Å²) < 4.78 is 11.2. The summed E-state index contributed by atoms with van der Waals surface area (Å²) in [6.07, 6.45) is 3.68. The molecule has 128 valence electrons. The molecule has 1 aliphatic heterocycles. The maximum atomic E-state index is 12.4. The summed E-state index contributed by atoms with van der Waals surface area (Å²) in [5.74, 6) is 3.67. The van der Waals surface area contributed by atoms with Crippen molar-refractivity contribution in [1.29, 1.82) is 0 Å². The number of fused-ring (bicyclic) bond motifs is 2. The molecule has 1 amide bonds. The first-order chi connectivity index (χ1) is 12.3. The van der Waals surface area contributed by atoms with Crippen molar-refractivity contribution in [3.8, 4) is 22.8 Å². The van der Waals surface area contributed by atoms with Crippen molar-refractivity contribution in [2.24, 2.45) is 17.8 Å². The lowest BCUT2D eigenvalue weighted by molar-refractivity contribution is -0.118. The number of hydrogen-bond acceptors (Lipinski definition) is 4. The minimum absolute atomic E-state index is 0.126. The third-order valence-corrected chi connectivity index (χ3v) is 5.55. The van der Waals surface area contributed by atoms with Gasteiger partial charge in [-0.25, -0.2) is 4.98 Å². The van der Waals surface area contributed by atoms with E-state index in [9.17, 15) is 4.79 Å². The molecule has 2 heterocycles. The van der Waals surface area contributed by atoms with Gasteiger partial charge in [-0.1, -0.05) is 12.5 Å². The Labute approximate surface area is 146 Å². The van der Waals surface area contributed by atoms with Gasteiger partial charge < -0.3 is 14.8 Å². The normalized spacial score (nSPS) is 26.0. The molecule has 2 aromatic rings. The molecule has 2 unspecified atom stereocenters. The van der Waals surface area contributed by atoms with E-state index in [1.54, 1.807) is 0 Å². The van der Waals surface area contributed by atoms with Gasteiger partial charge in [-0.2, -0.15) is 0 Å². The van der Waals surface area contributed by atoms with E-state index < -0.39 is 0 Å². The van der Waals surface area contributed by atoms with Crippen molar-refractivity contribution >= 4 is 11.7 Å². The molecular weight excluding hydrogens is 316 g/mol. The van der Waals surface area contributed by atoms with Gasteiger partial charge in [0.05, 0.1) is 5.69 Å². The van der Waals surface area contributed by atoms with Crippen LogP contribution in [0.2, 0.25) is 0 Å².